The molecule has 0 aromatic heterocycles. The lowest BCUT2D eigenvalue weighted by atomic mass is 10.1. The van der Waals surface area contributed by atoms with E-state index in [2.05, 4.69) is 5.32 Å². The van der Waals surface area contributed by atoms with E-state index in [9.17, 15) is 19.6 Å². The van der Waals surface area contributed by atoms with Crippen molar-refractivity contribution in [2.75, 3.05) is 5.32 Å². The van der Waals surface area contributed by atoms with Crippen LogP contribution in [0.5, 0.6) is 5.75 Å². The van der Waals surface area contributed by atoms with E-state index in [1.807, 2.05) is 6.92 Å². The zero-order valence-corrected chi connectivity index (χ0v) is 11.6. The molecule has 110 valence electrons. The van der Waals surface area contributed by atoms with Gasteiger partial charge in [-0.15, -0.1) is 0 Å². The molecule has 2 rings (SSSR count). The van der Waals surface area contributed by atoms with E-state index in [0.29, 0.717) is 11.3 Å². The third kappa shape index (κ3) is 3.28. The van der Waals surface area contributed by atoms with Crippen LogP contribution in [0.3, 0.4) is 0 Å². The fraction of sp³-hybridized carbons (Fsp3) is 0.200. The third-order valence-corrected chi connectivity index (χ3v) is 3.26. The molecule has 2 N–H and O–H groups in total. The molecular weight excluding hydrogens is 275 g/mol. The van der Waals surface area contributed by atoms with E-state index in [-0.39, 0.29) is 17.5 Å². The average Bonchev–Trinajstić information content (AvgIpc) is 2.40. The van der Waals surface area contributed by atoms with Crippen molar-refractivity contribution in [2.24, 2.45) is 0 Å². The van der Waals surface area contributed by atoms with Crippen molar-refractivity contribution in [3.8, 4) is 5.75 Å². The summed E-state index contributed by atoms with van der Waals surface area (Å²) in [5.41, 5.74) is 1.94. The number of halogens is 1. The maximum absolute atomic E-state index is 13.0. The van der Waals surface area contributed by atoms with Gasteiger partial charge in [0.05, 0.1) is 11.0 Å². The molecule has 1 atom stereocenters. The fourth-order valence-electron chi connectivity index (χ4n) is 2.07. The summed E-state index contributed by atoms with van der Waals surface area (Å²) in [4.78, 5) is 10.3. The van der Waals surface area contributed by atoms with Crippen LogP contribution < -0.4 is 5.32 Å². The van der Waals surface area contributed by atoms with Crippen molar-refractivity contribution in [3.63, 3.8) is 0 Å². The quantitative estimate of drug-likeness (QED) is 0.661. The van der Waals surface area contributed by atoms with E-state index in [1.165, 1.54) is 24.3 Å². The van der Waals surface area contributed by atoms with Crippen molar-refractivity contribution in [1.29, 1.82) is 0 Å². The topological polar surface area (TPSA) is 75.4 Å². The molecule has 5 nitrogen and oxygen atoms in total. The first kappa shape index (κ1) is 14.8. The first-order valence-electron chi connectivity index (χ1n) is 6.38. The number of nitro benzene ring substituents is 1. The normalized spacial score (nSPS) is 12.0. The van der Waals surface area contributed by atoms with Crippen molar-refractivity contribution < 1.29 is 14.4 Å². The van der Waals surface area contributed by atoms with Crippen LogP contribution >= 0.6 is 0 Å². The highest BCUT2D eigenvalue weighted by Gasteiger charge is 2.14. The molecule has 0 saturated carbocycles. The van der Waals surface area contributed by atoms with Gasteiger partial charge < -0.3 is 10.4 Å². The maximum Gasteiger partial charge on any atom is 0.271 e. The first-order valence-corrected chi connectivity index (χ1v) is 6.38. The average molecular weight is 290 g/mol. The number of anilines is 1. The molecule has 0 bridgehead atoms. The number of hydrogen-bond donors (Lipinski definition) is 2. The Bertz CT molecular complexity index is 689. The smallest absolute Gasteiger partial charge is 0.271 e. The molecule has 0 radical (unpaired) electrons. The number of rotatable bonds is 4. The van der Waals surface area contributed by atoms with Gasteiger partial charge in [-0.05, 0) is 25.5 Å². The zero-order valence-electron chi connectivity index (χ0n) is 11.6. The van der Waals surface area contributed by atoms with Gasteiger partial charge in [-0.3, -0.25) is 10.1 Å². The van der Waals surface area contributed by atoms with Gasteiger partial charge in [0.1, 0.15) is 11.6 Å². The third-order valence-electron chi connectivity index (χ3n) is 3.26. The van der Waals surface area contributed by atoms with Crippen molar-refractivity contribution >= 4 is 11.4 Å². The predicted molar refractivity (Wildman–Crippen MR) is 77.9 cm³/mol. The number of nitrogens with zero attached hydrogens (tertiary/aromatic N) is 1. The molecule has 2 aromatic carbocycles. The van der Waals surface area contributed by atoms with Crippen molar-refractivity contribution in [2.45, 2.75) is 19.9 Å². The number of nitro groups is 1. The van der Waals surface area contributed by atoms with Crippen LogP contribution in [0.15, 0.2) is 36.4 Å². The highest BCUT2D eigenvalue weighted by atomic mass is 19.1. The fourth-order valence-corrected chi connectivity index (χ4v) is 2.07. The number of nitrogens with one attached hydrogen (secondary N) is 1. The Morgan fingerprint density at radius 3 is 2.62 bits per heavy atom. The van der Waals surface area contributed by atoms with Gasteiger partial charge in [-0.25, -0.2) is 4.39 Å². The monoisotopic (exact) mass is 290 g/mol. The molecule has 0 fully saturated rings. The summed E-state index contributed by atoms with van der Waals surface area (Å²) < 4.78 is 13.0. The van der Waals surface area contributed by atoms with Gasteiger partial charge in [0, 0.05) is 29.4 Å². The minimum Gasteiger partial charge on any atom is -0.507 e. The maximum atomic E-state index is 13.0. The minimum absolute atomic E-state index is 0.0152. The Morgan fingerprint density at radius 1 is 1.29 bits per heavy atom. The van der Waals surface area contributed by atoms with Gasteiger partial charge in [-0.1, -0.05) is 12.1 Å². The van der Waals surface area contributed by atoms with Gasteiger partial charge in [0.15, 0.2) is 0 Å². The number of hydrogen-bond acceptors (Lipinski definition) is 4. The lowest BCUT2D eigenvalue weighted by Crippen LogP contribution is -2.08. The lowest BCUT2D eigenvalue weighted by molar-refractivity contribution is -0.384. The number of non-ortho nitro benzene ring substituents is 1. The Labute approximate surface area is 121 Å². The SMILES string of the molecule is Cc1ccc([N+](=O)[O-])cc1NC(C)c1ccc(F)cc1O. The zero-order chi connectivity index (χ0) is 15.6. The van der Waals surface area contributed by atoms with E-state index in [4.69, 9.17) is 0 Å². The Hall–Kier alpha value is -2.63. The molecule has 0 heterocycles. The molecule has 0 aliphatic heterocycles. The van der Waals surface area contributed by atoms with Gasteiger partial charge >= 0.3 is 0 Å². The van der Waals surface area contributed by atoms with Crippen LogP contribution in [0, 0.1) is 22.9 Å². The van der Waals surface area contributed by atoms with Crippen LogP contribution in [0.25, 0.3) is 0 Å². The van der Waals surface area contributed by atoms with Crippen LogP contribution in [0.1, 0.15) is 24.1 Å². The van der Waals surface area contributed by atoms with Gasteiger partial charge in [0.25, 0.3) is 5.69 Å². The predicted octanol–water partition coefficient (Wildman–Crippen LogP) is 3.92. The van der Waals surface area contributed by atoms with Crippen LogP contribution in [-0.2, 0) is 0 Å². The second-order valence-corrected chi connectivity index (χ2v) is 4.83. The van der Waals surface area contributed by atoms with Crippen LogP contribution in [-0.4, -0.2) is 10.0 Å². The highest BCUT2D eigenvalue weighted by Crippen LogP contribution is 2.30. The largest absolute Gasteiger partial charge is 0.507 e. The molecule has 0 spiro atoms. The highest BCUT2D eigenvalue weighted by molar-refractivity contribution is 5.58. The molecule has 1 unspecified atom stereocenters. The molecule has 2 aromatic rings. The van der Waals surface area contributed by atoms with E-state index < -0.39 is 10.7 Å². The Morgan fingerprint density at radius 2 is 2.00 bits per heavy atom. The standard InChI is InChI=1S/C15H15FN2O3/c1-9-3-5-12(18(20)21)8-14(9)17-10(2)13-6-4-11(16)7-15(13)19/h3-8,10,17,19H,1-2H3. The van der Waals surface area contributed by atoms with Gasteiger partial charge in [0.2, 0.25) is 0 Å². The summed E-state index contributed by atoms with van der Waals surface area (Å²) >= 11 is 0. The Kier molecular flexibility index (Phi) is 4.07. The summed E-state index contributed by atoms with van der Waals surface area (Å²) in [7, 11) is 0. The summed E-state index contributed by atoms with van der Waals surface area (Å²) in [5.74, 6) is -0.673. The molecule has 0 aliphatic carbocycles. The summed E-state index contributed by atoms with van der Waals surface area (Å²) in [6, 6.07) is 7.97. The number of aromatic hydroxyl groups is 1. The summed E-state index contributed by atoms with van der Waals surface area (Å²) in [6.45, 7) is 3.61. The van der Waals surface area contributed by atoms with Crippen LogP contribution in [0.2, 0.25) is 0 Å². The number of benzene rings is 2. The van der Waals surface area contributed by atoms with E-state index >= 15 is 0 Å². The van der Waals surface area contributed by atoms with Crippen molar-refractivity contribution in [1.82, 2.24) is 0 Å². The Balaban J connectivity index is 2.28. The minimum atomic E-state index is -0.519. The number of aryl methyl sites for hydroxylation is 1. The summed E-state index contributed by atoms with van der Waals surface area (Å²) in [6.07, 6.45) is 0. The van der Waals surface area contributed by atoms with Gasteiger partial charge in [-0.2, -0.15) is 0 Å². The van der Waals surface area contributed by atoms with Crippen LogP contribution in [0.4, 0.5) is 15.8 Å². The molecule has 0 saturated heterocycles. The summed E-state index contributed by atoms with van der Waals surface area (Å²) in [5, 5.41) is 23.7. The second kappa shape index (κ2) is 5.78. The number of phenols is 1. The van der Waals surface area contributed by atoms with E-state index in [1.54, 1.807) is 13.0 Å². The lowest BCUT2D eigenvalue weighted by Gasteiger charge is -2.18. The molecule has 0 aliphatic rings. The van der Waals surface area contributed by atoms with Crippen molar-refractivity contribution in [3.05, 3.63) is 63.5 Å². The molecular formula is C15H15FN2O3. The van der Waals surface area contributed by atoms with E-state index in [0.717, 1.165) is 11.6 Å². The number of phenolic OH excluding ortho intramolecular Hbond substituents is 1. The molecule has 6 heteroatoms. The second-order valence-electron chi connectivity index (χ2n) is 4.83. The first-order chi connectivity index (χ1) is 9.88. The molecule has 21 heavy (non-hydrogen) atoms. The molecule has 0 amide bonds.